The lowest BCUT2D eigenvalue weighted by atomic mass is 10.1. The van der Waals surface area contributed by atoms with E-state index < -0.39 is 0 Å². The molecule has 0 atom stereocenters. The van der Waals surface area contributed by atoms with Gasteiger partial charge in [0.1, 0.15) is 17.7 Å². The molecular weight excluding hydrogens is 333 g/mol. The fourth-order valence-corrected chi connectivity index (χ4v) is 3.10. The van der Waals surface area contributed by atoms with Crippen molar-refractivity contribution in [1.29, 1.82) is 0 Å². The van der Waals surface area contributed by atoms with E-state index in [2.05, 4.69) is 15.5 Å². The Balaban J connectivity index is 1.53. The van der Waals surface area contributed by atoms with Crippen molar-refractivity contribution in [3.8, 4) is 17.2 Å². The monoisotopic (exact) mass is 353 g/mol. The van der Waals surface area contributed by atoms with E-state index in [-0.39, 0.29) is 11.9 Å². The molecule has 4 rings (SSSR count). The first-order valence-electron chi connectivity index (χ1n) is 8.82. The smallest absolute Gasteiger partial charge is 0.261 e. The van der Waals surface area contributed by atoms with Gasteiger partial charge in [-0.05, 0) is 55.8 Å². The molecule has 1 N–H and O–H groups in total. The summed E-state index contributed by atoms with van der Waals surface area (Å²) < 4.78 is 24.9. The Bertz CT molecular complexity index is 875. The minimum Gasteiger partial charge on any atom is -0.489 e. The first kappa shape index (κ1) is 16.7. The van der Waals surface area contributed by atoms with Crippen LogP contribution in [0.3, 0.4) is 0 Å². The minimum atomic E-state index is -0.271. The Hall–Kier alpha value is -2.73. The van der Waals surface area contributed by atoms with E-state index in [0.717, 1.165) is 42.8 Å². The predicted molar refractivity (Wildman–Crippen MR) is 95.5 cm³/mol. The van der Waals surface area contributed by atoms with E-state index in [9.17, 15) is 4.39 Å². The van der Waals surface area contributed by atoms with Gasteiger partial charge in [0.05, 0.1) is 5.56 Å². The van der Waals surface area contributed by atoms with Gasteiger partial charge in [0.2, 0.25) is 0 Å². The molecule has 26 heavy (non-hydrogen) atoms. The van der Waals surface area contributed by atoms with Gasteiger partial charge in [0.25, 0.3) is 5.89 Å². The zero-order chi connectivity index (χ0) is 17.8. The van der Waals surface area contributed by atoms with E-state index in [4.69, 9.17) is 9.26 Å². The number of rotatable bonds is 5. The number of aromatic nitrogens is 2. The standard InChI is InChI=1S/C20H20FN3O2/c21-15-5-3-4-14(12-15)13-19-23-20(26-24-19)17-6-1-2-7-18(17)25-16-8-10-22-11-9-16/h1-7,12,16,22H,8-11,13H2. The Morgan fingerprint density at radius 3 is 2.81 bits per heavy atom. The molecule has 5 nitrogen and oxygen atoms in total. The number of hydrogen-bond donors (Lipinski definition) is 1. The molecular formula is C20H20FN3O2. The Morgan fingerprint density at radius 2 is 1.96 bits per heavy atom. The van der Waals surface area contributed by atoms with Crippen molar-refractivity contribution in [3.05, 3.63) is 65.7 Å². The third-order valence-corrected chi connectivity index (χ3v) is 4.42. The van der Waals surface area contributed by atoms with E-state index in [1.165, 1.54) is 12.1 Å². The second-order valence-electron chi connectivity index (χ2n) is 6.39. The number of para-hydroxylation sites is 1. The molecule has 2 heterocycles. The van der Waals surface area contributed by atoms with Crippen molar-refractivity contribution in [3.63, 3.8) is 0 Å². The fraction of sp³-hybridized carbons (Fsp3) is 0.300. The average Bonchev–Trinajstić information content (AvgIpc) is 3.11. The minimum absolute atomic E-state index is 0.187. The molecule has 1 saturated heterocycles. The SMILES string of the molecule is Fc1cccc(Cc2noc(-c3ccccc3OC3CCNCC3)n2)c1. The van der Waals surface area contributed by atoms with Crippen LogP contribution in [-0.4, -0.2) is 29.3 Å². The number of halogens is 1. The van der Waals surface area contributed by atoms with Crippen LogP contribution in [0.15, 0.2) is 53.1 Å². The number of hydrogen-bond acceptors (Lipinski definition) is 5. The van der Waals surface area contributed by atoms with Crippen molar-refractivity contribution in [2.24, 2.45) is 0 Å². The first-order valence-corrected chi connectivity index (χ1v) is 8.82. The summed E-state index contributed by atoms with van der Waals surface area (Å²) in [6.07, 6.45) is 2.55. The molecule has 134 valence electrons. The van der Waals surface area contributed by atoms with Crippen LogP contribution in [0.25, 0.3) is 11.5 Å². The Labute approximate surface area is 151 Å². The van der Waals surface area contributed by atoms with Gasteiger partial charge >= 0.3 is 0 Å². The summed E-state index contributed by atoms with van der Waals surface area (Å²) in [5, 5.41) is 7.36. The summed E-state index contributed by atoms with van der Waals surface area (Å²) >= 11 is 0. The fourth-order valence-electron chi connectivity index (χ4n) is 3.10. The highest BCUT2D eigenvalue weighted by Crippen LogP contribution is 2.30. The summed E-state index contributed by atoms with van der Waals surface area (Å²) in [5.41, 5.74) is 1.58. The van der Waals surface area contributed by atoms with Gasteiger partial charge in [-0.2, -0.15) is 4.98 Å². The number of nitrogens with zero attached hydrogens (tertiary/aromatic N) is 2. The van der Waals surface area contributed by atoms with Crippen molar-refractivity contribution in [2.75, 3.05) is 13.1 Å². The number of benzene rings is 2. The molecule has 0 saturated carbocycles. The zero-order valence-electron chi connectivity index (χ0n) is 14.3. The summed E-state index contributed by atoms with van der Waals surface area (Å²) in [6.45, 7) is 1.93. The molecule has 1 fully saturated rings. The molecule has 0 radical (unpaired) electrons. The topological polar surface area (TPSA) is 60.2 Å². The van der Waals surface area contributed by atoms with Crippen LogP contribution in [0, 0.1) is 5.82 Å². The molecule has 1 aliphatic rings. The van der Waals surface area contributed by atoms with Crippen molar-refractivity contribution in [2.45, 2.75) is 25.4 Å². The van der Waals surface area contributed by atoms with Gasteiger partial charge in [-0.3, -0.25) is 0 Å². The van der Waals surface area contributed by atoms with Crippen LogP contribution in [0.1, 0.15) is 24.2 Å². The highest BCUT2D eigenvalue weighted by molar-refractivity contribution is 5.62. The van der Waals surface area contributed by atoms with E-state index >= 15 is 0 Å². The summed E-state index contributed by atoms with van der Waals surface area (Å²) in [7, 11) is 0. The lowest BCUT2D eigenvalue weighted by Crippen LogP contribution is -2.34. The van der Waals surface area contributed by atoms with Crippen LogP contribution in [0.4, 0.5) is 4.39 Å². The van der Waals surface area contributed by atoms with Crippen LogP contribution in [0.5, 0.6) is 5.75 Å². The number of piperidine rings is 1. The molecule has 6 heteroatoms. The molecule has 1 aliphatic heterocycles. The van der Waals surface area contributed by atoms with E-state index in [1.54, 1.807) is 6.07 Å². The van der Waals surface area contributed by atoms with Crippen molar-refractivity contribution < 1.29 is 13.7 Å². The van der Waals surface area contributed by atoms with Crippen LogP contribution in [-0.2, 0) is 6.42 Å². The highest BCUT2D eigenvalue weighted by Gasteiger charge is 2.19. The van der Waals surface area contributed by atoms with Gasteiger partial charge in [0.15, 0.2) is 5.82 Å². The second kappa shape index (κ2) is 7.66. The zero-order valence-corrected chi connectivity index (χ0v) is 14.3. The third kappa shape index (κ3) is 3.91. The summed E-state index contributed by atoms with van der Waals surface area (Å²) in [5.74, 6) is 1.41. The number of nitrogens with one attached hydrogen (secondary N) is 1. The van der Waals surface area contributed by atoms with Crippen molar-refractivity contribution in [1.82, 2.24) is 15.5 Å². The normalized spacial score (nSPS) is 15.1. The molecule has 0 spiro atoms. The second-order valence-corrected chi connectivity index (χ2v) is 6.39. The van der Waals surface area contributed by atoms with Crippen LogP contribution < -0.4 is 10.1 Å². The first-order chi connectivity index (χ1) is 12.8. The van der Waals surface area contributed by atoms with Crippen LogP contribution >= 0.6 is 0 Å². The molecule has 0 unspecified atom stereocenters. The van der Waals surface area contributed by atoms with Crippen LogP contribution in [0.2, 0.25) is 0 Å². The summed E-state index contributed by atoms with van der Waals surface area (Å²) in [4.78, 5) is 4.47. The van der Waals surface area contributed by atoms with Crippen molar-refractivity contribution >= 4 is 0 Å². The lowest BCUT2D eigenvalue weighted by molar-refractivity contribution is 0.163. The average molecular weight is 353 g/mol. The quantitative estimate of drug-likeness (QED) is 0.759. The third-order valence-electron chi connectivity index (χ3n) is 4.42. The highest BCUT2D eigenvalue weighted by atomic mass is 19.1. The van der Waals surface area contributed by atoms with Gasteiger partial charge in [-0.25, -0.2) is 4.39 Å². The maximum absolute atomic E-state index is 13.3. The maximum atomic E-state index is 13.3. The van der Waals surface area contributed by atoms with Gasteiger partial charge in [-0.15, -0.1) is 0 Å². The molecule has 3 aromatic rings. The number of ether oxygens (including phenoxy) is 1. The summed E-state index contributed by atoms with van der Waals surface area (Å²) in [6, 6.07) is 14.1. The van der Waals surface area contributed by atoms with E-state index in [0.29, 0.717) is 18.1 Å². The molecule has 0 aliphatic carbocycles. The largest absolute Gasteiger partial charge is 0.489 e. The maximum Gasteiger partial charge on any atom is 0.261 e. The van der Waals surface area contributed by atoms with E-state index in [1.807, 2.05) is 30.3 Å². The lowest BCUT2D eigenvalue weighted by Gasteiger charge is -2.24. The molecule has 2 aromatic carbocycles. The van der Waals surface area contributed by atoms with Gasteiger partial charge < -0.3 is 14.6 Å². The van der Waals surface area contributed by atoms with Gasteiger partial charge in [0, 0.05) is 6.42 Å². The predicted octanol–water partition coefficient (Wildman–Crippen LogP) is 3.60. The Morgan fingerprint density at radius 1 is 1.12 bits per heavy atom. The molecule has 0 amide bonds. The van der Waals surface area contributed by atoms with Gasteiger partial charge in [-0.1, -0.05) is 29.4 Å². The molecule has 0 bridgehead atoms. The molecule has 1 aromatic heterocycles. The Kier molecular flexibility index (Phi) is 4.93.